The Bertz CT molecular complexity index is 352. The number of nitrogens with zero attached hydrogens (tertiary/aromatic N) is 1. The van der Waals surface area contributed by atoms with Crippen LogP contribution in [0.4, 0.5) is 5.69 Å². The zero-order valence-electron chi connectivity index (χ0n) is 9.63. The number of piperidine rings is 1. The highest BCUT2D eigenvalue weighted by atomic mass is 16.3. The van der Waals surface area contributed by atoms with Crippen molar-refractivity contribution in [1.29, 1.82) is 0 Å². The van der Waals surface area contributed by atoms with Crippen LogP contribution in [0.25, 0.3) is 0 Å². The maximum absolute atomic E-state index is 9.71. The molecule has 1 heterocycles. The Morgan fingerprint density at radius 3 is 2.81 bits per heavy atom. The van der Waals surface area contributed by atoms with Crippen molar-refractivity contribution in [2.24, 2.45) is 0 Å². The predicted octanol–water partition coefficient (Wildman–Crippen LogP) is 1.70. The van der Waals surface area contributed by atoms with Gasteiger partial charge in [-0.3, -0.25) is 0 Å². The quantitative estimate of drug-likeness (QED) is 0.799. The molecule has 1 fully saturated rings. The molecular formula is C13H19NO2. The van der Waals surface area contributed by atoms with Crippen LogP contribution in [-0.2, 0) is 0 Å². The molecule has 0 amide bonds. The Hall–Kier alpha value is -1.06. The molecule has 1 unspecified atom stereocenters. The number of aliphatic hydroxyl groups is 2. The van der Waals surface area contributed by atoms with Crippen molar-refractivity contribution in [3.63, 3.8) is 0 Å². The molecule has 88 valence electrons. The van der Waals surface area contributed by atoms with E-state index in [0.717, 1.165) is 30.6 Å². The summed E-state index contributed by atoms with van der Waals surface area (Å²) >= 11 is 0. The van der Waals surface area contributed by atoms with E-state index in [2.05, 4.69) is 4.90 Å². The number of β-amino-alcohol motifs (C(OH)–C–C–N with tert-alkyl or cyclic N) is 1. The molecule has 0 spiro atoms. The molecule has 0 bridgehead atoms. The van der Waals surface area contributed by atoms with Crippen LogP contribution in [-0.4, -0.2) is 29.4 Å². The minimum absolute atomic E-state index is 0.240. The summed E-state index contributed by atoms with van der Waals surface area (Å²) in [4.78, 5) is 2.16. The second kappa shape index (κ2) is 4.85. The van der Waals surface area contributed by atoms with Crippen molar-refractivity contribution in [3.05, 3.63) is 29.8 Å². The van der Waals surface area contributed by atoms with Gasteiger partial charge in [0, 0.05) is 24.3 Å². The number of anilines is 1. The van der Waals surface area contributed by atoms with E-state index in [1.54, 1.807) is 6.92 Å². The minimum Gasteiger partial charge on any atom is -0.391 e. The molecule has 1 aliphatic rings. The van der Waals surface area contributed by atoms with Crippen LogP contribution < -0.4 is 4.90 Å². The van der Waals surface area contributed by atoms with Gasteiger partial charge in [0.25, 0.3) is 0 Å². The molecule has 3 nitrogen and oxygen atoms in total. The Kier molecular flexibility index (Phi) is 3.46. The zero-order chi connectivity index (χ0) is 11.5. The Labute approximate surface area is 96.3 Å². The second-order valence-electron chi connectivity index (χ2n) is 4.48. The smallest absolute Gasteiger partial charge is 0.0781 e. The lowest BCUT2D eigenvalue weighted by atomic mass is 10.0. The molecule has 2 rings (SSSR count). The number of rotatable bonds is 2. The lowest BCUT2D eigenvalue weighted by Gasteiger charge is -2.33. The second-order valence-corrected chi connectivity index (χ2v) is 4.48. The van der Waals surface area contributed by atoms with Crippen LogP contribution in [0.15, 0.2) is 24.3 Å². The van der Waals surface area contributed by atoms with Gasteiger partial charge < -0.3 is 15.1 Å². The van der Waals surface area contributed by atoms with Crippen molar-refractivity contribution in [3.8, 4) is 0 Å². The summed E-state index contributed by atoms with van der Waals surface area (Å²) in [5.74, 6) is 0. The first kappa shape index (κ1) is 11.4. The van der Waals surface area contributed by atoms with Gasteiger partial charge in [-0.15, -0.1) is 0 Å². The summed E-state index contributed by atoms with van der Waals surface area (Å²) in [6.07, 6.45) is 1.19. The zero-order valence-corrected chi connectivity index (χ0v) is 9.63. The highest BCUT2D eigenvalue weighted by Gasteiger charge is 2.20. The normalized spacial score (nSPS) is 23.2. The Morgan fingerprint density at radius 2 is 2.12 bits per heavy atom. The summed E-state index contributed by atoms with van der Waals surface area (Å²) in [6, 6.07) is 7.87. The predicted molar refractivity (Wildman–Crippen MR) is 64.5 cm³/mol. The third-order valence-electron chi connectivity index (χ3n) is 3.12. The fraction of sp³-hybridized carbons (Fsp3) is 0.538. The molecule has 0 radical (unpaired) electrons. The standard InChI is InChI=1S/C13H19NO2/c1-10(15)12-6-2-3-7-13(12)14-8-4-5-11(16)9-14/h2-3,6-7,10-11,15-16H,4-5,8-9H2,1H3/t10-,11?/m1/s1. The van der Waals surface area contributed by atoms with Crippen LogP contribution in [0.2, 0.25) is 0 Å². The minimum atomic E-state index is -0.463. The number of aliphatic hydroxyl groups excluding tert-OH is 2. The van der Waals surface area contributed by atoms with Crippen LogP contribution in [0.3, 0.4) is 0 Å². The van der Waals surface area contributed by atoms with E-state index >= 15 is 0 Å². The first-order valence-corrected chi connectivity index (χ1v) is 5.88. The maximum Gasteiger partial charge on any atom is 0.0781 e. The summed E-state index contributed by atoms with van der Waals surface area (Å²) in [5.41, 5.74) is 1.99. The van der Waals surface area contributed by atoms with Crippen molar-refractivity contribution in [2.45, 2.75) is 32.0 Å². The van der Waals surface area contributed by atoms with E-state index in [1.807, 2.05) is 24.3 Å². The van der Waals surface area contributed by atoms with E-state index < -0.39 is 6.10 Å². The molecular weight excluding hydrogens is 202 g/mol. The third kappa shape index (κ3) is 2.36. The number of hydrogen-bond donors (Lipinski definition) is 2. The summed E-state index contributed by atoms with van der Waals surface area (Å²) in [5, 5.41) is 19.4. The van der Waals surface area contributed by atoms with Gasteiger partial charge in [-0.1, -0.05) is 18.2 Å². The molecule has 1 aliphatic heterocycles. The largest absolute Gasteiger partial charge is 0.391 e. The monoisotopic (exact) mass is 221 g/mol. The van der Waals surface area contributed by atoms with Crippen molar-refractivity contribution in [1.82, 2.24) is 0 Å². The fourth-order valence-electron chi connectivity index (χ4n) is 2.30. The van der Waals surface area contributed by atoms with Gasteiger partial charge in [0.2, 0.25) is 0 Å². The molecule has 1 aromatic rings. The lowest BCUT2D eigenvalue weighted by Crippen LogP contribution is -2.38. The van der Waals surface area contributed by atoms with Gasteiger partial charge in [0.05, 0.1) is 12.2 Å². The summed E-state index contributed by atoms with van der Waals surface area (Å²) in [7, 11) is 0. The molecule has 2 atom stereocenters. The lowest BCUT2D eigenvalue weighted by molar-refractivity contribution is 0.153. The Balaban J connectivity index is 2.25. The van der Waals surface area contributed by atoms with Crippen LogP contribution in [0.1, 0.15) is 31.4 Å². The van der Waals surface area contributed by atoms with Gasteiger partial charge >= 0.3 is 0 Å². The highest BCUT2D eigenvalue weighted by Crippen LogP contribution is 2.28. The van der Waals surface area contributed by atoms with E-state index in [9.17, 15) is 10.2 Å². The van der Waals surface area contributed by atoms with Crippen LogP contribution in [0.5, 0.6) is 0 Å². The van der Waals surface area contributed by atoms with Gasteiger partial charge in [-0.25, -0.2) is 0 Å². The van der Waals surface area contributed by atoms with Gasteiger partial charge in [0.15, 0.2) is 0 Å². The van der Waals surface area contributed by atoms with Crippen LogP contribution >= 0.6 is 0 Å². The number of para-hydroxylation sites is 1. The molecule has 0 aliphatic carbocycles. The molecule has 0 saturated carbocycles. The van der Waals surface area contributed by atoms with E-state index in [4.69, 9.17) is 0 Å². The first-order chi connectivity index (χ1) is 7.68. The fourth-order valence-corrected chi connectivity index (χ4v) is 2.30. The van der Waals surface area contributed by atoms with Crippen molar-refractivity contribution < 1.29 is 10.2 Å². The van der Waals surface area contributed by atoms with Crippen molar-refractivity contribution in [2.75, 3.05) is 18.0 Å². The topological polar surface area (TPSA) is 43.7 Å². The number of hydrogen-bond acceptors (Lipinski definition) is 3. The Morgan fingerprint density at radius 1 is 1.38 bits per heavy atom. The van der Waals surface area contributed by atoms with Gasteiger partial charge in [-0.05, 0) is 25.8 Å². The molecule has 2 N–H and O–H groups in total. The average molecular weight is 221 g/mol. The van der Waals surface area contributed by atoms with E-state index in [0.29, 0.717) is 6.54 Å². The summed E-state index contributed by atoms with van der Waals surface area (Å²) in [6.45, 7) is 3.41. The molecule has 0 aromatic heterocycles. The molecule has 16 heavy (non-hydrogen) atoms. The molecule has 1 aromatic carbocycles. The highest BCUT2D eigenvalue weighted by molar-refractivity contribution is 5.54. The number of benzene rings is 1. The third-order valence-corrected chi connectivity index (χ3v) is 3.12. The van der Waals surface area contributed by atoms with Crippen LogP contribution in [0, 0.1) is 0 Å². The summed E-state index contributed by atoms with van der Waals surface area (Å²) < 4.78 is 0. The molecule has 1 saturated heterocycles. The van der Waals surface area contributed by atoms with E-state index in [-0.39, 0.29) is 6.10 Å². The van der Waals surface area contributed by atoms with Gasteiger partial charge in [-0.2, -0.15) is 0 Å². The average Bonchev–Trinajstić information content (AvgIpc) is 2.29. The van der Waals surface area contributed by atoms with Gasteiger partial charge in [0.1, 0.15) is 0 Å². The van der Waals surface area contributed by atoms with Crippen molar-refractivity contribution >= 4 is 5.69 Å². The molecule has 3 heteroatoms. The SMILES string of the molecule is C[C@@H](O)c1ccccc1N1CCCC(O)C1. The first-order valence-electron chi connectivity index (χ1n) is 5.88. The maximum atomic E-state index is 9.71. The van der Waals surface area contributed by atoms with E-state index in [1.165, 1.54) is 0 Å².